The van der Waals surface area contributed by atoms with Gasteiger partial charge in [0.2, 0.25) is 5.91 Å². The lowest BCUT2D eigenvalue weighted by Gasteiger charge is -2.21. The van der Waals surface area contributed by atoms with Crippen LogP contribution in [0.2, 0.25) is 0 Å². The molecule has 3 rings (SSSR count). The number of benzene rings is 2. The Bertz CT molecular complexity index is 814. The van der Waals surface area contributed by atoms with Crippen molar-refractivity contribution in [2.45, 2.75) is 27.2 Å². The van der Waals surface area contributed by atoms with Crippen LogP contribution in [0.4, 0.5) is 5.69 Å². The van der Waals surface area contributed by atoms with Crippen molar-refractivity contribution in [3.05, 3.63) is 42.5 Å². The summed E-state index contributed by atoms with van der Waals surface area (Å²) in [5.74, 6) is 0.0282. The minimum atomic E-state index is -0.372. The fraction of sp³-hybridized carbons (Fsp3) is 0.278. The number of carbonyl (C=O) groups excluding carboxylic acids is 1. The molecule has 0 unspecified atom stereocenters. The number of rotatable bonds is 3. The first kappa shape index (κ1) is 13.7. The van der Waals surface area contributed by atoms with Gasteiger partial charge >= 0.3 is 0 Å². The first-order chi connectivity index (χ1) is 10.0. The van der Waals surface area contributed by atoms with E-state index in [1.54, 1.807) is 0 Å². The number of anilines is 1. The van der Waals surface area contributed by atoms with Crippen LogP contribution in [0.25, 0.3) is 21.9 Å². The smallest absolute Gasteiger partial charge is 0.230 e. The van der Waals surface area contributed by atoms with Gasteiger partial charge in [-0.2, -0.15) is 0 Å². The number of fused-ring (bicyclic) bond motifs is 3. The zero-order valence-corrected chi connectivity index (χ0v) is 12.6. The van der Waals surface area contributed by atoms with Crippen molar-refractivity contribution >= 4 is 33.5 Å². The highest BCUT2D eigenvalue weighted by Crippen LogP contribution is 2.31. The third-order valence-corrected chi connectivity index (χ3v) is 4.14. The molecule has 0 aliphatic carbocycles. The van der Waals surface area contributed by atoms with Gasteiger partial charge in [-0.1, -0.05) is 39.0 Å². The Morgan fingerprint density at radius 2 is 1.81 bits per heavy atom. The first-order valence-corrected chi connectivity index (χ1v) is 7.24. The van der Waals surface area contributed by atoms with Gasteiger partial charge in [0.05, 0.1) is 0 Å². The lowest BCUT2D eigenvalue weighted by atomic mass is 9.89. The summed E-state index contributed by atoms with van der Waals surface area (Å²) in [6.07, 6.45) is 0.797. The second kappa shape index (κ2) is 4.92. The Morgan fingerprint density at radius 3 is 2.57 bits per heavy atom. The highest BCUT2D eigenvalue weighted by molar-refractivity contribution is 6.06. The van der Waals surface area contributed by atoms with E-state index in [1.165, 1.54) is 0 Å². The fourth-order valence-corrected chi connectivity index (χ4v) is 2.26. The molecule has 21 heavy (non-hydrogen) atoms. The summed E-state index contributed by atoms with van der Waals surface area (Å²) in [7, 11) is 0. The largest absolute Gasteiger partial charge is 0.456 e. The molecular weight excluding hydrogens is 262 g/mol. The quantitative estimate of drug-likeness (QED) is 0.737. The van der Waals surface area contributed by atoms with Crippen LogP contribution in [0.15, 0.2) is 46.9 Å². The molecule has 0 aliphatic heterocycles. The van der Waals surface area contributed by atoms with Crippen molar-refractivity contribution in [1.29, 1.82) is 0 Å². The second-order valence-corrected chi connectivity index (χ2v) is 6.00. The summed E-state index contributed by atoms with van der Waals surface area (Å²) in [4.78, 5) is 12.2. The summed E-state index contributed by atoms with van der Waals surface area (Å²) < 4.78 is 5.84. The fourth-order valence-electron chi connectivity index (χ4n) is 2.26. The minimum Gasteiger partial charge on any atom is -0.456 e. The number of amides is 1. The maximum absolute atomic E-state index is 12.2. The zero-order chi connectivity index (χ0) is 15.0. The van der Waals surface area contributed by atoms with Crippen LogP contribution >= 0.6 is 0 Å². The lowest BCUT2D eigenvalue weighted by Crippen LogP contribution is -2.29. The van der Waals surface area contributed by atoms with E-state index in [0.717, 1.165) is 34.0 Å². The molecule has 1 aromatic heterocycles. The monoisotopic (exact) mass is 281 g/mol. The summed E-state index contributed by atoms with van der Waals surface area (Å²) in [6, 6.07) is 13.8. The van der Waals surface area contributed by atoms with Crippen LogP contribution in [0.5, 0.6) is 0 Å². The van der Waals surface area contributed by atoms with Gasteiger partial charge in [-0.05, 0) is 24.6 Å². The van der Waals surface area contributed by atoms with E-state index in [9.17, 15) is 4.79 Å². The van der Waals surface area contributed by atoms with Gasteiger partial charge in [-0.3, -0.25) is 4.79 Å². The normalized spacial score (nSPS) is 12.0. The van der Waals surface area contributed by atoms with Gasteiger partial charge in [-0.25, -0.2) is 0 Å². The molecule has 3 aromatic rings. The lowest BCUT2D eigenvalue weighted by molar-refractivity contribution is -0.124. The molecule has 0 aliphatic rings. The molecule has 0 radical (unpaired) electrons. The van der Waals surface area contributed by atoms with Crippen LogP contribution in [0.3, 0.4) is 0 Å². The number of para-hydroxylation sites is 1. The van der Waals surface area contributed by atoms with Crippen LogP contribution in [-0.4, -0.2) is 5.91 Å². The Labute approximate surface area is 123 Å². The summed E-state index contributed by atoms with van der Waals surface area (Å²) in [5, 5.41) is 5.14. The molecule has 3 nitrogen and oxygen atoms in total. The van der Waals surface area contributed by atoms with E-state index < -0.39 is 0 Å². The summed E-state index contributed by atoms with van der Waals surface area (Å²) in [5.41, 5.74) is 2.06. The number of nitrogens with one attached hydrogen (secondary N) is 1. The molecule has 0 spiro atoms. The number of carbonyl (C=O) groups is 1. The van der Waals surface area contributed by atoms with Crippen molar-refractivity contribution in [1.82, 2.24) is 0 Å². The van der Waals surface area contributed by atoms with Crippen molar-refractivity contribution in [3.63, 3.8) is 0 Å². The molecule has 0 fully saturated rings. The van der Waals surface area contributed by atoms with Gasteiger partial charge in [0.1, 0.15) is 11.2 Å². The van der Waals surface area contributed by atoms with Crippen LogP contribution in [-0.2, 0) is 4.79 Å². The molecule has 3 heteroatoms. The topological polar surface area (TPSA) is 42.2 Å². The number of hydrogen-bond acceptors (Lipinski definition) is 2. The van der Waals surface area contributed by atoms with Gasteiger partial charge < -0.3 is 9.73 Å². The molecule has 1 amide bonds. The Morgan fingerprint density at radius 1 is 1.10 bits per heavy atom. The molecule has 108 valence electrons. The Balaban J connectivity index is 1.98. The first-order valence-electron chi connectivity index (χ1n) is 7.24. The third-order valence-electron chi connectivity index (χ3n) is 4.14. The highest BCUT2D eigenvalue weighted by Gasteiger charge is 2.25. The zero-order valence-electron chi connectivity index (χ0n) is 12.6. The Kier molecular flexibility index (Phi) is 3.20. The van der Waals surface area contributed by atoms with E-state index in [-0.39, 0.29) is 11.3 Å². The maximum Gasteiger partial charge on any atom is 0.230 e. The standard InChI is InChI=1S/C18H19NO2/c1-4-18(2,3)17(20)19-12-9-10-14-13-7-5-6-8-15(13)21-16(14)11-12/h5-11H,4H2,1-3H3,(H,19,20). The van der Waals surface area contributed by atoms with Crippen molar-refractivity contribution < 1.29 is 9.21 Å². The summed E-state index contributed by atoms with van der Waals surface area (Å²) in [6.45, 7) is 5.91. The van der Waals surface area contributed by atoms with Gasteiger partial charge in [0.25, 0.3) is 0 Å². The molecule has 1 N–H and O–H groups in total. The number of furan rings is 1. The van der Waals surface area contributed by atoms with E-state index in [2.05, 4.69) is 5.32 Å². The molecule has 2 aromatic carbocycles. The third kappa shape index (κ3) is 2.40. The van der Waals surface area contributed by atoms with Crippen molar-refractivity contribution in [2.24, 2.45) is 5.41 Å². The predicted octanol–water partition coefficient (Wildman–Crippen LogP) is 4.96. The van der Waals surface area contributed by atoms with Crippen LogP contribution < -0.4 is 5.32 Å². The van der Waals surface area contributed by atoms with E-state index in [1.807, 2.05) is 63.2 Å². The molecule has 0 saturated carbocycles. The van der Waals surface area contributed by atoms with Gasteiger partial charge in [0.15, 0.2) is 0 Å². The average molecular weight is 281 g/mol. The SMILES string of the molecule is CCC(C)(C)C(=O)Nc1ccc2c(c1)oc1ccccc12. The van der Waals surface area contributed by atoms with Crippen LogP contribution in [0, 0.1) is 5.41 Å². The predicted molar refractivity (Wildman–Crippen MR) is 86.4 cm³/mol. The molecule has 0 saturated heterocycles. The molecule has 0 atom stereocenters. The molecule has 0 bridgehead atoms. The minimum absolute atomic E-state index is 0.0282. The van der Waals surface area contributed by atoms with Gasteiger partial charge in [-0.15, -0.1) is 0 Å². The highest BCUT2D eigenvalue weighted by atomic mass is 16.3. The molecule has 1 heterocycles. The van der Waals surface area contributed by atoms with E-state index >= 15 is 0 Å². The summed E-state index contributed by atoms with van der Waals surface area (Å²) >= 11 is 0. The maximum atomic E-state index is 12.2. The van der Waals surface area contributed by atoms with Crippen molar-refractivity contribution in [2.75, 3.05) is 5.32 Å². The molecular formula is C18H19NO2. The van der Waals surface area contributed by atoms with E-state index in [4.69, 9.17) is 4.42 Å². The van der Waals surface area contributed by atoms with Crippen LogP contribution in [0.1, 0.15) is 27.2 Å². The number of hydrogen-bond donors (Lipinski definition) is 1. The van der Waals surface area contributed by atoms with Crippen molar-refractivity contribution in [3.8, 4) is 0 Å². The van der Waals surface area contributed by atoms with E-state index in [0.29, 0.717) is 0 Å². The average Bonchev–Trinajstić information content (AvgIpc) is 2.84. The Hall–Kier alpha value is -2.29. The van der Waals surface area contributed by atoms with Gasteiger partial charge in [0, 0.05) is 27.9 Å². The second-order valence-electron chi connectivity index (χ2n) is 6.00.